The number of anilines is 1. The fraction of sp³-hybridized carbons (Fsp3) is 0.333. The van der Waals surface area contributed by atoms with Gasteiger partial charge in [0, 0.05) is 30.0 Å². The quantitative estimate of drug-likeness (QED) is 0.575. The average Bonchev–Trinajstić information content (AvgIpc) is 3.03. The Balaban J connectivity index is 1.49. The maximum atomic E-state index is 13.1. The van der Waals surface area contributed by atoms with Gasteiger partial charge in [0.25, 0.3) is 5.91 Å². The van der Waals surface area contributed by atoms with Gasteiger partial charge in [-0.05, 0) is 41.8 Å². The van der Waals surface area contributed by atoms with E-state index in [2.05, 4.69) is 28.3 Å². The molecule has 0 saturated heterocycles. The molecular formula is C27H30N4O3. The number of rotatable bonds is 6. The topological polar surface area (TPSA) is 84.4 Å². The van der Waals surface area contributed by atoms with Crippen LogP contribution in [0, 0.1) is 5.41 Å². The van der Waals surface area contributed by atoms with Gasteiger partial charge in [-0.25, -0.2) is 9.97 Å². The molecule has 3 aromatic rings. The zero-order valence-electron chi connectivity index (χ0n) is 20.3. The smallest absolute Gasteiger partial charge is 0.255 e. The van der Waals surface area contributed by atoms with E-state index in [4.69, 9.17) is 4.74 Å². The highest BCUT2D eigenvalue weighted by molar-refractivity contribution is 5.99. The highest BCUT2D eigenvalue weighted by Crippen LogP contribution is 2.35. The van der Waals surface area contributed by atoms with E-state index >= 15 is 0 Å². The number of nitrogens with zero attached hydrogens (tertiary/aromatic N) is 3. The standard InChI is InChI=1S/C27H30N4O3/c1-17-23-13-19(12-20-14-24(29-16-28-20)30-26(33)27(2,3)4)8-11-22(23)25(32)31(17)15-18-6-9-21(34-5)10-7-18/h6-11,13-14,16-17H,12,15H2,1-5H3,(H,28,29,30,33). The molecule has 1 aliphatic heterocycles. The van der Waals surface area contributed by atoms with Crippen molar-refractivity contribution in [3.63, 3.8) is 0 Å². The number of hydrogen-bond acceptors (Lipinski definition) is 5. The first-order valence-corrected chi connectivity index (χ1v) is 11.3. The summed E-state index contributed by atoms with van der Waals surface area (Å²) in [5.74, 6) is 1.22. The molecule has 1 atom stereocenters. The number of fused-ring (bicyclic) bond motifs is 1. The molecule has 1 aliphatic rings. The zero-order chi connectivity index (χ0) is 24.5. The average molecular weight is 459 g/mol. The minimum Gasteiger partial charge on any atom is -0.497 e. The lowest BCUT2D eigenvalue weighted by atomic mass is 9.96. The van der Waals surface area contributed by atoms with Crippen LogP contribution in [0.15, 0.2) is 54.9 Å². The molecule has 1 unspecified atom stereocenters. The van der Waals surface area contributed by atoms with Crippen molar-refractivity contribution in [2.24, 2.45) is 5.41 Å². The summed E-state index contributed by atoms with van der Waals surface area (Å²) in [6.45, 7) is 8.17. The number of carbonyl (C=O) groups excluding carboxylic acids is 2. The van der Waals surface area contributed by atoms with Crippen LogP contribution in [0.1, 0.15) is 66.5 Å². The first kappa shape index (κ1) is 23.4. The fourth-order valence-electron chi connectivity index (χ4n) is 3.97. The Kier molecular flexibility index (Phi) is 6.37. The highest BCUT2D eigenvalue weighted by atomic mass is 16.5. The van der Waals surface area contributed by atoms with Gasteiger partial charge in [-0.2, -0.15) is 0 Å². The second-order valence-electron chi connectivity index (χ2n) is 9.65. The van der Waals surface area contributed by atoms with Gasteiger partial charge in [-0.1, -0.05) is 45.0 Å². The maximum absolute atomic E-state index is 13.1. The Morgan fingerprint density at radius 3 is 2.44 bits per heavy atom. The third-order valence-electron chi connectivity index (χ3n) is 6.07. The molecular weight excluding hydrogens is 428 g/mol. The summed E-state index contributed by atoms with van der Waals surface area (Å²) < 4.78 is 5.22. The Morgan fingerprint density at radius 2 is 1.76 bits per heavy atom. The number of hydrogen-bond donors (Lipinski definition) is 1. The third kappa shape index (κ3) is 4.93. The molecule has 0 radical (unpaired) electrons. The number of nitrogens with one attached hydrogen (secondary N) is 1. The van der Waals surface area contributed by atoms with Crippen LogP contribution in [0.4, 0.5) is 5.82 Å². The summed E-state index contributed by atoms with van der Waals surface area (Å²) in [6, 6.07) is 15.5. The predicted octanol–water partition coefficient (Wildman–Crippen LogP) is 4.78. The number of carbonyl (C=O) groups is 2. The second kappa shape index (κ2) is 9.25. The Hall–Kier alpha value is -3.74. The zero-order valence-corrected chi connectivity index (χ0v) is 20.3. The van der Waals surface area contributed by atoms with Crippen molar-refractivity contribution >= 4 is 17.6 Å². The monoisotopic (exact) mass is 458 g/mol. The molecule has 4 rings (SSSR count). The van der Waals surface area contributed by atoms with Crippen LogP contribution in [0.25, 0.3) is 0 Å². The molecule has 2 aromatic carbocycles. The van der Waals surface area contributed by atoms with Crippen LogP contribution in [-0.4, -0.2) is 33.8 Å². The molecule has 0 fully saturated rings. The van der Waals surface area contributed by atoms with Gasteiger partial charge in [0.2, 0.25) is 5.91 Å². The van der Waals surface area contributed by atoms with E-state index < -0.39 is 5.41 Å². The fourth-order valence-corrected chi connectivity index (χ4v) is 3.97. The Bertz CT molecular complexity index is 1220. The van der Waals surface area contributed by atoms with Gasteiger partial charge in [-0.3, -0.25) is 9.59 Å². The number of benzene rings is 2. The van der Waals surface area contributed by atoms with Crippen LogP contribution >= 0.6 is 0 Å². The van der Waals surface area contributed by atoms with Crippen molar-refractivity contribution in [1.82, 2.24) is 14.9 Å². The van der Waals surface area contributed by atoms with E-state index in [0.29, 0.717) is 18.8 Å². The van der Waals surface area contributed by atoms with Crippen LogP contribution in [-0.2, 0) is 17.8 Å². The summed E-state index contributed by atoms with van der Waals surface area (Å²) in [5, 5.41) is 2.85. The molecule has 0 bridgehead atoms. The van der Waals surface area contributed by atoms with Crippen molar-refractivity contribution in [3.8, 4) is 5.75 Å². The van der Waals surface area contributed by atoms with Crippen LogP contribution < -0.4 is 10.1 Å². The number of methoxy groups -OCH3 is 1. The van der Waals surface area contributed by atoms with Crippen molar-refractivity contribution in [2.45, 2.75) is 46.7 Å². The maximum Gasteiger partial charge on any atom is 0.255 e. The predicted molar refractivity (Wildman–Crippen MR) is 131 cm³/mol. The molecule has 7 nitrogen and oxygen atoms in total. The van der Waals surface area contributed by atoms with Crippen molar-refractivity contribution in [3.05, 3.63) is 82.8 Å². The third-order valence-corrected chi connectivity index (χ3v) is 6.07. The minimum absolute atomic E-state index is 0.0309. The van der Waals surface area contributed by atoms with Gasteiger partial charge < -0.3 is 15.0 Å². The molecule has 1 N–H and O–H groups in total. The van der Waals surface area contributed by atoms with E-state index in [9.17, 15) is 9.59 Å². The molecule has 34 heavy (non-hydrogen) atoms. The van der Waals surface area contributed by atoms with Crippen LogP contribution in [0.5, 0.6) is 5.75 Å². The van der Waals surface area contributed by atoms with Crippen molar-refractivity contribution in [2.75, 3.05) is 12.4 Å². The lowest BCUT2D eigenvalue weighted by Crippen LogP contribution is -2.28. The molecule has 7 heteroatoms. The minimum atomic E-state index is -0.508. The normalized spacial score (nSPS) is 15.3. The van der Waals surface area contributed by atoms with Gasteiger partial charge in [-0.15, -0.1) is 0 Å². The first-order chi connectivity index (χ1) is 16.2. The molecule has 2 amide bonds. The van der Waals surface area contributed by atoms with Crippen LogP contribution in [0.2, 0.25) is 0 Å². The molecule has 0 spiro atoms. The van der Waals surface area contributed by atoms with Crippen molar-refractivity contribution < 1.29 is 14.3 Å². The van der Waals surface area contributed by atoms with E-state index in [-0.39, 0.29) is 17.9 Å². The summed E-state index contributed by atoms with van der Waals surface area (Å²) >= 11 is 0. The number of aromatic nitrogens is 2. The lowest BCUT2D eigenvalue weighted by molar-refractivity contribution is -0.123. The summed E-state index contributed by atoms with van der Waals surface area (Å²) in [4.78, 5) is 35.8. The molecule has 176 valence electrons. The number of amides is 2. The Morgan fingerprint density at radius 1 is 1.06 bits per heavy atom. The molecule has 1 aromatic heterocycles. The van der Waals surface area contributed by atoms with E-state index in [0.717, 1.165) is 33.7 Å². The van der Waals surface area contributed by atoms with Gasteiger partial charge in [0.15, 0.2) is 0 Å². The SMILES string of the molecule is COc1ccc(CN2C(=O)c3ccc(Cc4cc(NC(=O)C(C)(C)C)ncn4)cc3C2C)cc1. The van der Waals surface area contributed by atoms with Crippen molar-refractivity contribution in [1.29, 1.82) is 0 Å². The molecule has 2 heterocycles. The molecule has 0 saturated carbocycles. The summed E-state index contributed by atoms with van der Waals surface area (Å²) in [7, 11) is 1.64. The van der Waals surface area contributed by atoms with Gasteiger partial charge in [0.1, 0.15) is 17.9 Å². The largest absolute Gasteiger partial charge is 0.497 e. The lowest BCUT2D eigenvalue weighted by Gasteiger charge is -2.22. The van der Waals surface area contributed by atoms with E-state index in [1.54, 1.807) is 13.2 Å². The van der Waals surface area contributed by atoms with E-state index in [1.807, 2.05) is 62.1 Å². The second-order valence-corrected chi connectivity index (χ2v) is 9.65. The van der Waals surface area contributed by atoms with Gasteiger partial charge in [0.05, 0.1) is 18.8 Å². The first-order valence-electron chi connectivity index (χ1n) is 11.3. The Labute approximate surface area is 200 Å². The van der Waals surface area contributed by atoms with Gasteiger partial charge >= 0.3 is 0 Å². The van der Waals surface area contributed by atoms with E-state index in [1.165, 1.54) is 6.33 Å². The number of ether oxygens (including phenoxy) is 1. The highest BCUT2D eigenvalue weighted by Gasteiger charge is 2.33. The molecule has 0 aliphatic carbocycles. The van der Waals surface area contributed by atoms with Crippen LogP contribution in [0.3, 0.4) is 0 Å². The summed E-state index contributed by atoms with van der Waals surface area (Å²) in [5.41, 5.74) is 4.16. The summed E-state index contributed by atoms with van der Waals surface area (Å²) in [6.07, 6.45) is 2.04.